The second kappa shape index (κ2) is 4.61. The van der Waals surface area contributed by atoms with E-state index >= 15 is 0 Å². The van der Waals surface area contributed by atoms with Crippen LogP contribution in [0.2, 0.25) is 0 Å². The van der Waals surface area contributed by atoms with Gasteiger partial charge < -0.3 is 10.5 Å². The van der Waals surface area contributed by atoms with Crippen LogP contribution in [0.15, 0.2) is 42.5 Å². The first-order chi connectivity index (χ1) is 9.31. The fourth-order valence-electron chi connectivity index (χ4n) is 2.05. The summed E-state index contributed by atoms with van der Waals surface area (Å²) in [4.78, 5) is 0. The molecule has 0 saturated carbocycles. The Hall–Kier alpha value is -2.56. The van der Waals surface area contributed by atoms with Gasteiger partial charge in [0.25, 0.3) is 0 Å². The van der Waals surface area contributed by atoms with Crippen LogP contribution in [0.25, 0.3) is 16.7 Å². The van der Waals surface area contributed by atoms with Gasteiger partial charge in [-0.1, -0.05) is 23.4 Å². The van der Waals surface area contributed by atoms with E-state index in [1.807, 2.05) is 49.4 Å². The minimum Gasteiger partial charge on any atom is -0.492 e. The molecule has 0 aliphatic carbocycles. The number of aromatic nitrogens is 3. The molecule has 2 N–H and O–H groups in total. The molecule has 5 nitrogen and oxygen atoms in total. The molecule has 0 spiro atoms. The van der Waals surface area contributed by atoms with Crippen LogP contribution < -0.4 is 10.5 Å². The van der Waals surface area contributed by atoms with Crippen molar-refractivity contribution in [2.75, 3.05) is 12.3 Å². The fourth-order valence-corrected chi connectivity index (χ4v) is 2.05. The Labute approximate surface area is 110 Å². The average Bonchev–Trinajstić information content (AvgIpc) is 2.85. The van der Waals surface area contributed by atoms with Gasteiger partial charge in [-0.15, -0.1) is 5.10 Å². The smallest absolute Gasteiger partial charge is 0.144 e. The lowest BCUT2D eigenvalue weighted by Gasteiger charge is -2.11. The highest BCUT2D eigenvalue weighted by molar-refractivity contribution is 5.78. The van der Waals surface area contributed by atoms with Gasteiger partial charge in [-0.05, 0) is 31.2 Å². The molecule has 0 amide bonds. The molecule has 19 heavy (non-hydrogen) atoms. The van der Waals surface area contributed by atoms with E-state index in [4.69, 9.17) is 10.5 Å². The van der Waals surface area contributed by atoms with Crippen molar-refractivity contribution < 1.29 is 4.74 Å². The van der Waals surface area contributed by atoms with Gasteiger partial charge in [0, 0.05) is 0 Å². The van der Waals surface area contributed by atoms with Gasteiger partial charge in [0.05, 0.1) is 17.8 Å². The number of benzene rings is 2. The number of nitrogen functional groups attached to an aromatic ring is 1. The molecule has 1 heterocycles. The fraction of sp³-hybridized carbons (Fsp3) is 0.143. The minimum absolute atomic E-state index is 0.569. The average molecular weight is 254 g/mol. The monoisotopic (exact) mass is 254 g/mol. The van der Waals surface area contributed by atoms with Crippen LogP contribution in [0.5, 0.6) is 5.75 Å². The lowest BCUT2D eigenvalue weighted by molar-refractivity contribution is 0.342. The number of para-hydroxylation sites is 2. The van der Waals surface area contributed by atoms with E-state index < -0.39 is 0 Å². The minimum atomic E-state index is 0.569. The molecule has 3 rings (SSSR count). The Morgan fingerprint density at radius 2 is 2.00 bits per heavy atom. The maximum atomic E-state index is 6.14. The molecule has 0 aliphatic rings. The molecule has 0 bridgehead atoms. The maximum absolute atomic E-state index is 6.14. The first-order valence-corrected chi connectivity index (χ1v) is 6.13. The Bertz CT molecular complexity index is 720. The van der Waals surface area contributed by atoms with Gasteiger partial charge in [0.1, 0.15) is 17.0 Å². The first-order valence-electron chi connectivity index (χ1n) is 6.13. The summed E-state index contributed by atoms with van der Waals surface area (Å²) < 4.78 is 7.23. The van der Waals surface area contributed by atoms with E-state index in [0.717, 1.165) is 16.7 Å². The van der Waals surface area contributed by atoms with Gasteiger partial charge in [-0.2, -0.15) is 0 Å². The molecule has 5 heteroatoms. The Balaban J connectivity index is 2.19. The number of hydrogen-bond donors (Lipinski definition) is 1. The normalized spacial score (nSPS) is 10.8. The molecule has 0 aliphatic heterocycles. The number of nitrogens with two attached hydrogens (primary N) is 1. The maximum Gasteiger partial charge on any atom is 0.144 e. The lowest BCUT2D eigenvalue weighted by atomic mass is 10.2. The summed E-state index contributed by atoms with van der Waals surface area (Å²) in [6.07, 6.45) is 0. The van der Waals surface area contributed by atoms with Crippen molar-refractivity contribution in [2.45, 2.75) is 6.92 Å². The number of fused-ring (bicyclic) bond motifs is 1. The molecule has 0 saturated heterocycles. The molecular weight excluding hydrogens is 240 g/mol. The van der Waals surface area contributed by atoms with E-state index in [2.05, 4.69) is 10.3 Å². The number of nitrogens with zero attached hydrogens (tertiary/aromatic N) is 3. The number of rotatable bonds is 3. The number of anilines is 1. The molecule has 0 radical (unpaired) electrons. The summed E-state index contributed by atoms with van der Waals surface area (Å²) in [6.45, 7) is 2.50. The molecule has 0 unspecified atom stereocenters. The summed E-state index contributed by atoms with van der Waals surface area (Å²) >= 11 is 0. The van der Waals surface area contributed by atoms with Crippen LogP contribution in [0.3, 0.4) is 0 Å². The summed E-state index contributed by atoms with van der Waals surface area (Å²) in [5.74, 6) is 0.666. The standard InChI is InChI=1S/C14H14N4O/c1-2-19-13-9-5-8-12(14(13)15)18-11-7-4-3-6-10(11)16-17-18/h3-9H,2,15H2,1H3. The highest BCUT2D eigenvalue weighted by Crippen LogP contribution is 2.29. The van der Waals surface area contributed by atoms with Crippen molar-refractivity contribution in [1.29, 1.82) is 0 Å². The third-order valence-electron chi connectivity index (χ3n) is 2.92. The van der Waals surface area contributed by atoms with Crippen molar-refractivity contribution in [2.24, 2.45) is 0 Å². The summed E-state index contributed by atoms with van der Waals surface area (Å²) in [5, 5.41) is 8.29. The molecule has 1 aromatic heterocycles. The van der Waals surface area contributed by atoms with Crippen molar-refractivity contribution in [3.63, 3.8) is 0 Å². The Kier molecular flexibility index (Phi) is 2.79. The van der Waals surface area contributed by atoms with E-state index in [1.54, 1.807) is 4.68 Å². The van der Waals surface area contributed by atoms with Crippen LogP contribution >= 0.6 is 0 Å². The zero-order valence-corrected chi connectivity index (χ0v) is 10.6. The van der Waals surface area contributed by atoms with Crippen LogP contribution in [0.1, 0.15) is 6.92 Å². The Morgan fingerprint density at radius 1 is 1.16 bits per heavy atom. The third-order valence-corrected chi connectivity index (χ3v) is 2.92. The molecule has 0 fully saturated rings. The second-order valence-electron chi connectivity index (χ2n) is 4.11. The van der Waals surface area contributed by atoms with E-state index in [-0.39, 0.29) is 0 Å². The van der Waals surface area contributed by atoms with Gasteiger partial charge in [0.15, 0.2) is 0 Å². The third kappa shape index (κ3) is 1.89. The van der Waals surface area contributed by atoms with Gasteiger partial charge in [-0.25, -0.2) is 4.68 Å². The van der Waals surface area contributed by atoms with E-state index in [0.29, 0.717) is 18.0 Å². The predicted octanol–water partition coefficient (Wildman–Crippen LogP) is 2.40. The SMILES string of the molecule is CCOc1cccc(-n2nnc3ccccc32)c1N. The summed E-state index contributed by atoms with van der Waals surface area (Å²) in [6, 6.07) is 13.4. The van der Waals surface area contributed by atoms with Gasteiger partial charge in [-0.3, -0.25) is 0 Å². The molecule has 96 valence electrons. The van der Waals surface area contributed by atoms with Gasteiger partial charge >= 0.3 is 0 Å². The van der Waals surface area contributed by atoms with E-state index in [1.165, 1.54) is 0 Å². The largest absolute Gasteiger partial charge is 0.492 e. The number of ether oxygens (including phenoxy) is 1. The lowest BCUT2D eigenvalue weighted by Crippen LogP contribution is -2.04. The predicted molar refractivity (Wildman–Crippen MR) is 74.4 cm³/mol. The van der Waals surface area contributed by atoms with Crippen molar-refractivity contribution in [3.8, 4) is 11.4 Å². The molecular formula is C14H14N4O. The van der Waals surface area contributed by atoms with Crippen LogP contribution in [-0.2, 0) is 0 Å². The van der Waals surface area contributed by atoms with E-state index in [9.17, 15) is 0 Å². The van der Waals surface area contributed by atoms with Gasteiger partial charge in [0.2, 0.25) is 0 Å². The summed E-state index contributed by atoms with van der Waals surface area (Å²) in [5.41, 5.74) is 9.24. The molecule has 0 atom stereocenters. The number of hydrogen-bond acceptors (Lipinski definition) is 4. The second-order valence-corrected chi connectivity index (χ2v) is 4.11. The van der Waals surface area contributed by atoms with Crippen LogP contribution in [0, 0.1) is 0 Å². The quantitative estimate of drug-likeness (QED) is 0.729. The van der Waals surface area contributed by atoms with Crippen LogP contribution in [0.4, 0.5) is 5.69 Å². The van der Waals surface area contributed by atoms with Crippen molar-refractivity contribution >= 4 is 16.7 Å². The zero-order chi connectivity index (χ0) is 13.2. The highest BCUT2D eigenvalue weighted by Gasteiger charge is 2.11. The molecule has 2 aromatic carbocycles. The van der Waals surface area contributed by atoms with Crippen LogP contribution in [-0.4, -0.2) is 21.6 Å². The van der Waals surface area contributed by atoms with Crippen molar-refractivity contribution in [1.82, 2.24) is 15.0 Å². The first kappa shape index (κ1) is 11.5. The highest BCUT2D eigenvalue weighted by atomic mass is 16.5. The summed E-state index contributed by atoms with van der Waals surface area (Å²) in [7, 11) is 0. The Morgan fingerprint density at radius 3 is 2.84 bits per heavy atom. The zero-order valence-electron chi connectivity index (χ0n) is 10.6. The van der Waals surface area contributed by atoms with Crippen molar-refractivity contribution in [3.05, 3.63) is 42.5 Å². The molecule has 3 aromatic rings. The topological polar surface area (TPSA) is 66.0 Å².